The molecular weight excluding hydrogens is 262 g/mol. The Morgan fingerprint density at radius 1 is 1.53 bits per heavy atom. The zero-order valence-electron chi connectivity index (χ0n) is 11.9. The predicted octanol–water partition coefficient (Wildman–Crippen LogP) is 2.68. The van der Waals surface area contributed by atoms with E-state index in [0.717, 1.165) is 18.8 Å². The highest BCUT2D eigenvalue weighted by atomic mass is 35.5. The first-order valence-corrected chi connectivity index (χ1v) is 7.48. The molecule has 1 aliphatic rings. The van der Waals surface area contributed by atoms with Gasteiger partial charge in [0.2, 0.25) is 0 Å². The average Bonchev–Trinajstić information content (AvgIpc) is 2.98. The Balaban J connectivity index is 1.81. The van der Waals surface area contributed by atoms with E-state index in [9.17, 15) is 0 Å². The molecule has 0 amide bonds. The average molecular weight is 286 g/mol. The lowest BCUT2D eigenvalue weighted by molar-refractivity contribution is 0.181. The van der Waals surface area contributed by atoms with Crippen LogP contribution in [0.15, 0.2) is 12.3 Å². The Hall–Kier alpha value is -0.580. The minimum Gasteiger partial charge on any atom is -0.383 e. The van der Waals surface area contributed by atoms with Crippen LogP contribution in [0, 0.1) is 0 Å². The van der Waals surface area contributed by atoms with Gasteiger partial charge in [-0.05, 0) is 26.0 Å². The van der Waals surface area contributed by atoms with E-state index in [1.807, 2.05) is 0 Å². The second kappa shape index (κ2) is 7.27. The van der Waals surface area contributed by atoms with E-state index in [0.29, 0.717) is 12.6 Å². The highest BCUT2D eigenvalue weighted by Crippen LogP contribution is 2.28. The Morgan fingerprint density at radius 2 is 2.26 bits per heavy atom. The maximum absolute atomic E-state index is 6.16. The van der Waals surface area contributed by atoms with Crippen molar-refractivity contribution in [1.29, 1.82) is 0 Å². The minimum atomic E-state index is 0.0342. The lowest BCUT2D eigenvalue weighted by Crippen LogP contribution is -2.28. The molecule has 0 aliphatic heterocycles. The van der Waals surface area contributed by atoms with Crippen molar-refractivity contribution < 1.29 is 4.74 Å². The molecule has 5 heteroatoms. The van der Waals surface area contributed by atoms with Crippen LogP contribution in [-0.2, 0) is 11.3 Å². The summed E-state index contributed by atoms with van der Waals surface area (Å²) in [7, 11) is 3.75. The SMILES string of the molecule is COCC(Cl)CN(C)Cc1ccn(C2CCCC2)n1. The minimum absolute atomic E-state index is 0.0342. The van der Waals surface area contributed by atoms with Gasteiger partial charge in [-0.3, -0.25) is 9.58 Å². The molecule has 1 atom stereocenters. The molecule has 0 aromatic carbocycles. The van der Waals surface area contributed by atoms with Crippen molar-refractivity contribution >= 4 is 11.6 Å². The first-order chi connectivity index (χ1) is 9.19. The summed E-state index contributed by atoms with van der Waals surface area (Å²) in [6, 6.07) is 2.74. The van der Waals surface area contributed by atoms with E-state index in [1.165, 1.54) is 25.7 Å². The molecule has 0 N–H and O–H groups in total. The zero-order valence-corrected chi connectivity index (χ0v) is 12.6. The number of halogens is 1. The van der Waals surface area contributed by atoms with Crippen LogP contribution in [0.4, 0.5) is 0 Å². The van der Waals surface area contributed by atoms with Gasteiger partial charge in [-0.1, -0.05) is 12.8 Å². The van der Waals surface area contributed by atoms with Crippen molar-refractivity contribution in [3.8, 4) is 0 Å². The van der Waals surface area contributed by atoms with Crippen molar-refractivity contribution in [3.05, 3.63) is 18.0 Å². The maximum atomic E-state index is 6.16. The third-order valence-corrected chi connectivity index (χ3v) is 3.92. The molecule has 19 heavy (non-hydrogen) atoms. The molecular formula is C14H24ClN3O. The summed E-state index contributed by atoms with van der Waals surface area (Å²) in [6.45, 7) is 2.24. The van der Waals surface area contributed by atoms with Crippen molar-refractivity contribution in [2.24, 2.45) is 0 Å². The fraction of sp³-hybridized carbons (Fsp3) is 0.786. The third-order valence-electron chi connectivity index (χ3n) is 3.65. The highest BCUT2D eigenvalue weighted by molar-refractivity contribution is 6.20. The van der Waals surface area contributed by atoms with Crippen molar-refractivity contribution in [1.82, 2.24) is 14.7 Å². The van der Waals surface area contributed by atoms with Gasteiger partial charge in [-0.2, -0.15) is 5.10 Å². The van der Waals surface area contributed by atoms with Gasteiger partial charge in [0.05, 0.1) is 23.7 Å². The highest BCUT2D eigenvalue weighted by Gasteiger charge is 2.18. The second-order valence-corrected chi connectivity index (χ2v) is 6.09. The number of nitrogens with zero attached hydrogens (tertiary/aromatic N) is 3. The summed E-state index contributed by atoms with van der Waals surface area (Å²) in [5.74, 6) is 0. The van der Waals surface area contributed by atoms with Crippen LogP contribution in [0.1, 0.15) is 37.4 Å². The van der Waals surface area contributed by atoms with E-state index in [1.54, 1.807) is 7.11 Å². The molecule has 1 heterocycles. The topological polar surface area (TPSA) is 30.3 Å². The lowest BCUT2D eigenvalue weighted by Gasteiger charge is -2.18. The lowest BCUT2D eigenvalue weighted by atomic mass is 10.3. The predicted molar refractivity (Wildman–Crippen MR) is 77.6 cm³/mol. The largest absolute Gasteiger partial charge is 0.383 e. The molecule has 1 aliphatic carbocycles. The summed E-state index contributed by atoms with van der Waals surface area (Å²) >= 11 is 6.16. The number of hydrogen-bond donors (Lipinski definition) is 0. The van der Waals surface area contributed by atoms with Gasteiger partial charge in [0.25, 0.3) is 0 Å². The molecule has 0 spiro atoms. The maximum Gasteiger partial charge on any atom is 0.0764 e. The number of methoxy groups -OCH3 is 1. The van der Waals surface area contributed by atoms with E-state index >= 15 is 0 Å². The van der Waals surface area contributed by atoms with Crippen LogP contribution >= 0.6 is 11.6 Å². The Morgan fingerprint density at radius 3 is 2.95 bits per heavy atom. The standard InChI is InChI=1S/C14H24ClN3O/c1-17(9-12(15)11-19-2)10-13-7-8-18(16-13)14-5-3-4-6-14/h7-8,12,14H,3-6,9-11H2,1-2H3. The van der Waals surface area contributed by atoms with E-state index < -0.39 is 0 Å². The van der Waals surface area contributed by atoms with Crippen molar-refractivity contribution in [2.45, 2.75) is 43.6 Å². The molecule has 0 radical (unpaired) electrons. The summed E-state index contributed by atoms with van der Waals surface area (Å²) in [5, 5.41) is 4.72. The van der Waals surface area contributed by atoms with Crippen LogP contribution in [0.2, 0.25) is 0 Å². The molecule has 1 saturated carbocycles. The summed E-state index contributed by atoms with van der Waals surface area (Å²) in [5.41, 5.74) is 1.12. The van der Waals surface area contributed by atoms with Gasteiger partial charge in [0.1, 0.15) is 0 Å². The Labute approximate surface area is 120 Å². The van der Waals surface area contributed by atoms with Crippen LogP contribution < -0.4 is 0 Å². The molecule has 1 aromatic rings. The van der Waals surface area contributed by atoms with Gasteiger partial charge in [0.15, 0.2) is 0 Å². The smallest absolute Gasteiger partial charge is 0.0764 e. The molecule has 1 fully saturated rings. The van der Waals surface area contributed by atoms with Gasteiger partial charge >= 0.3 is 0 Å². The normalized spacial score (nSPS) is 18.3. The summed E-state index contributed by atoms with van der Waals surface area (Å²) in [6.07, 6.45) is 7.34. The molecule has 4 nitrogen and oxygen atoms in total. The zero-order chi connectivity index (χ0) is 13.7. The first-order valence-electron chi connectivity index (χ1n) is 7.04. The van der Waals surface area contributed by atoms with Gasteiger partial charge in [-0.15, -0.1) is 11.6 Å². The third kappa shape index (κ3) is 4.48. The summed E-state index contributed by atoms with van der Waals surface area (Å²) in [4.78, 5) is 2.19. The van der Waals surface area contributed by atoms with Crippen LogP contribution in [-0.4, -0.2) is 47.4 Å². The fourth-order valence-corrected chi connectivity index (χ4v) is 3.11. The van der Waals surface area contributed by atoms with Crippen molar-refractivity contribution in [2.75, 3.05) is 27.3 Å². The first kappa shape index (κ1) is 14.8. The van der Waals surface area contributed by atoms with E-state index in [4.69, 9.17) is 16.3 Å². The molecule has 1 aromatic heterocycles. The quantitative estimate of drug-likeness (QED) is 0.722. The molecule has 0 bridgehead atoms. The molecule has 2 rings (SSSR count). The van der Waals surface area contributed by atoms with Gasteiger partial charge in [0, 0.05) is 26.4 Å². The fourth-order valence-electron chi connectivity index (χ4n) is 2.75. The summed E-state index contributed by atoms with van der Waals surface area (Å²) < 4.78 is 7.19. The number of hydrogen-bond acceptors (Lipinski definition) is 3. The van der Waals surface area contributed by atoms with Crippen LogP contribution in [0.25, 0.3) is 0 Å². The van der Waals surface area contributed by atoms with Gasteiger partial charge in [-0.25, -0.2) is 0 Å². The van der Waals surface area contributed by atoms with E-state index in [-0.39, 0.29) is 5.38 Å². The number of aromatic nitrogens is 2. The molecule has 1 unspecified atom stereocenters. The number of rotatable bonds is 7. The monoisotopic (exact) mass is 285 g/mol. The van der Waals surface area contributed by atoms with Crippen LogP contribution in [0.3, 0.4) is 0 Å². The Bertz CT molecular complexity index is 377. The second-order valence-electron chi connectivity index (χ2n) is 5.47. The van der Waals surface area contributed by atoms with Crippen LogP contribution in [0.5, 0.6) is 0 Å². The van der Waals surface area contributed by atoms with Crippen molar-refractivity contribution in [3.63, 3.8) is 0 Å². The Kier molecular flexibility index (Phi) is 5.67. The molecule has 108 valence electrons. The van der Waals surface area contributed by atoms with Gasteiger partial charge < -0.3 is 4.74 Å². The van der Waals surface area contributed by atoms with E-state index in [2.05, 4.69) is 34.0 Å². The molecule has 0 saturated heterocycles. The number of alkyl halides is 1. The number of ether oxygens (including phenoxy) is 1.